The summed E-state index contributed by atoms with van der Waals surface area (Å²) in [7, 11) is 0. The SMILES string of the molecule is O.[I-].[I-].[Mn+2]. The molecule has 0 saturated heterocycles. The predicted octanol–water partition coefficient (Wildman–Crippen LogP) is -6.82. The monoisotopic (exact) mass is 327 g/mol. The van der Waals surface area contributed by atoms with Crippen LogP contribution in [0.25, 0.3) is 0 Å². The molecule has 0 unspecified atom stereocenters. The van der Waals surface area contributed by atoms with Crippen LogP contribution in [0, 0.1) is 0 Å². The molecule has 1 radical (unpaired) electrons. The molecule has 4 heteroatoms. The minimum Gasteiger partial charge on any atom is -1.00 e. The zero-order valence-electron chi connectivity index (χ0n) is 1.63. The summed E-state index contributed by atoms with van der Waals surface area (Å²) in [5.41, 5.74) is 0. The van der Waals surface area contributed by atoms with Crippen molar-refractivity contribution in [3.05, 3.63) is 0 Å². The van der Waals surface area contributed by atoms with Crippen molar-refractivity contribution < 1.29 is 70.5 Å². The molecular formula is H2I2MnO. The summed E-state index contributed by atoms with van der Waals surface area (Å²) < 4.78 is 0. The molecule has 0 spiro atoms. The summed E-state index contributed by atoms with van der Waals surface area (Å²) in [6, 6.07) is 0. The number of halogens is 2. The van der Waals surface area contributed by atoms with Gasteiger partial charge in [-0.3, -0.25) is 0 Å². The van der Waals surface area contributed by atoms with Crippen LogP contribution >= 0.6 is 0 Å². The number of hydrogen-bond acceptors (Lipinski definition) is 0. The van der Waals surface area contributed by atoms with E-state index in [2.05, 4.69) is 0 Å². The number of hydrogen-bond donors (Lipinski definition) is 0. The van der Waals surface area contributed by atoms with E-state index >= 15 is 0 Å². The van der Waals surface area contributed by atoms with Gasteiger partial charge < -0.3 is 53.4 Å². The van der Waals surface area contributed by atoms with Crippen LogP contribution in [0.3, 0.4) is 0 Å². The molecule has 0 aromatic rings. The van der Waals surface area contributed by atoms with Crippen molar-refractivity contribution in [2.75, 3.05) is 0 Å². The fraction of sp³-hybridized carbons (Fsp3) is 0. The van der Waals surface area contributed by atoms with Crippen LogP contribution in [0.5, 0.6) is 0 Å². The Bertz CT molecular complexity index is 6.00. The molecule has 0 fully saturated rings. The Hall–Kier alpha value is 1.94. The predicted molar refractivity (Wildman–Crippen MR) is 3.61 cm³/mol. The van der Waals surface area contributed by atoms with Crippen LogP contribution in [0.1, 0.15) is 0 Å². The topological polar surface area (TPSA) is 31.5 Å². The van der Waals surface area contributed by atoms with Crippen molar-refractivity contribution in [3.8, 4) is 0 Å². The summed E-state index contributed by atoms with van der Waals surface area (Å²) in [6.07, 6.45) is 0. The van der Waals surface area contributed by atoms with Gasteiger partial charge in [0.15, 0.2) is 0 Å². The Morgan fingerprint density at radius 2 is 0.750 bits per heavy atom. The van der Waals surface area contributed by atoms with E-state index in [9.17, 15) is 0 Å². The fourth-order valence-corrected chi connectivity index (χ4v) is 0. The van der Waals surface area contributed by atoms with Crippen LogP contribution in [0.2, 0.25) is 0 Å². The van der Waals surface area contributed by atoms with E-state index in [1.807, 2.05) is 0 Å². The molecule has 0 atom stereocenters. The van der Waals surface area contributed by atoms with Gasteiger partial charge in [-0.15, -0.1) is 0 Å². The van der Waals surface area contributed by atoms with Crippen molar-refractivity contribution in [2.45, 2.75) is 0 Å². The minimum atomic E-state index is 0. The van der Waals surface area contributed by atoms with Crippen LogP contribution < -0.4 is 48.0 Å². The third kappa shape index (κ3) is 9.05. The van der Waals surface area contributed by atoms with Crippen LogP contribution in [-0.2, 0) is 17.1 Å². The fourth-order valence-electron chi connectivity index (χ4n) is 0. The van der Waals surface area contributed by atoms with Crippen LogP contribution in [-0.4, -0.2) is 5.48 Å². The van der Waals surface area contributed by atoms with Gasteiger partial charge in [0.2, 0.25) is 0 Å². The molecule has 0 amide bonds. The third-order valence-corrected chi connectivity index (χ3v) is 0. The van der Waals surface area contributed by atoms with Gasteiger partial charge in [-0.1, -0.05) is 0 Å². The normalized spacial score (nSPS) is 0. The van der Waals surface area contributed by atoms with E-state index in [1.165, 1.54) is 0 Å². The second-order valence-electron chi connectivity index (χ2n) is 0. The van der Waals surface area contributed by atoms with Crippen LogP contribution in [0.15, 0.2) is 0 Å². The molecule has 0 aliphatic heterocycles. The molecule has 0 aromatic carbocycles. The van der Waals surface area contributed by atoms with Gasteiger partial charge in [-0.05, 0) is 0 Å². The van der Waals surface area contributed by atoms with Gasteiger partial charge in [-0.25, -0.2) is 0 Å². The summed E-state index contributed by atoms with van der Waals surface area (Å²) in [4.78, 5) is 0. The standard InChI is InChI=1S/2HI.Mn.H2O/h2*1H;;1H2/q;;+2;/p-2. The first kappa shape index (κ1) is 38.5. The summed E-state index contributed by atoms with van der Waals surface area (Å²) in [6.45, 7) is 0. The minimum absolute atomic E-state index is 0. The second kappa shape index (κ2) is 20.4. The zero-order valence-corrected chi connectivity index (χ0v) is 7.13. The maximum Gasteiger partial charge on any atom is 2.00 e. The molecule has 29 valence electrons. The Balaban J connectivity index is 0. The maximum absolute atomic E-state index is 0. The first-order valence-corrected chi connectivity index (χ1v) is 0. The smallest absolute Gasteiger partial charge is 1.00 e. The number of rotatable bonds is 0. The molecular weight excluding hydrogens is 325 g/mol. The van der Waals surface area contributed by atoms with Gasteiger partial charge in [-0.2, -0.15) is 0 Å². The van der Waals surface area contributed by atoms with Gasteiger partial charge in [0.25, 0.3) is 0 Å². The molecule has 0 aromatic heterocycles. The molecule has 1 nitrogen and oxygen atoms in total. The summed E-state index contributed by atoms with van der Waals surface area (Å²) >= 11 is 0. The Morgan fingerprint density at radius 1 is 0.750 bits per heavy atom. The quantitative estimate of drug-likeness (QED) is 0.313. The van der Waals surface area contributed by atoms with Gasteiger partial charge in [0.05, 0.1) is 0 Å². The van der Waals surface area contributed by atoms with Gasteiger partial charge in [0.1, 0.15) is 0 Å². The summed E-state index contributed by atoms with van der Waals surface area (Å²) in [5.74, 6) is 0. The van der Waals surface area contributed by atoms with E-state index in [1.54, 1.807) is 0 Å². The molecule has 0 heterocycles. The molecule has 0 aliphatic carbocycles. The van der Waals surface area contributed by atoms with Crippen LogP contribution in [0.4, 0.5) is 0 Å². The second-order valence-corrected chi connectivity index (χ2v) is 0. The van der Waals surface area contributed by atoms with Crippen molar-refractivity contribution in [1.82, 2.24) is 0 Å². The molecule has 4 heavy (non-hydrogen) atoms. The summed E-state index contributed by atoms with van der Waals surface area (Å²) in [5, 5.41) is 0. The maximum atomic E-state index is 0. The average molecular weight is 327 g/mol. The Kier molecular flexibility index (Phi) is 196. The van der Waals surface area contributed by atoms with Crippen molar-refractivity contribution in [3.63, 3.8) is 0 Å². The van der Waals surface area contributed by atoms with Gasteiger partial charge in [0, 0.05) is 0 Å². The van der Waals surface area contributed by atoms with E-state index < -0.39 is 0 Å². The Morgan fingerprint density at radius 3 is 0.750 bits per heavy atom. The van der Waals surface area contributed by atoms with Crippen molar-refractivity contribution >= 4 is 0 Å². The van der Waals surface area contributed by atoms with E-state index in [-0.39, 0.29) is 70.5 Å². The van der Waals surface area contributed by atoms with Crippen molar-refractivity contribution in [2.24, 2.45) is 0 Å². The average Bonchev–Trinajstić information content (AvgIpc) is 0. The van der Waals surface area contributed by atoms with E-state index in [0.717, 1.165) is 0 Å². The van der Waals surface area contributed by atoms with Gasteiger partial charge >= 0.3 is 17.1 Å². The third-order valence-electron chi connectivity index (χ3n) is 0. The first-order chi connectivity index (χ1) is 0. The Labute approximate surface area is 69.7 Å². The molecule has 2 N–H and O–H groups in total. The largest absolute Gasteiger partial charge is 2.00 e. The van der Waals surface area contributed by atoms with Crippen molar-refractivity contribution in [1.29, 1.82) is 0 Å². The first-order valence-electron chi connectivity index (χ1n) is 0. The van der Waals surface area contributed by atoms with E-state index in [4.69, 9.17) is 0 Å². The zero-order chi connectivity index (χ0) is 0. The van der Waals surface area contributed by atoms with E-state index in [0.29, 0.717) is 0 Å². The molecule has 0 rings (SSSR count). The molecule has 0 saturated carbocycles. The molecule has 0 bridgehead atoms. The molecule has 0 aliphatic rings.